The predicted octanol–water partition coefficient (Wildman–Crippen LogP) is 6.38. The number of piperazine rings is 1. The lowest BCUT2D eigenvalue weighted by molar-refractivity contribution is 0.230. The van der Waals surface area contributed by atoms with E-state index in [1.165, 1.54) is 4.31 Å². The van der Waals surface area contributed by atoms with E-state index in [2.05, 4.69) is 16.8 Å². The van der Waals surface area contributed by atoms with Crippen molar-refractivity contribution in [3.8, 4) is 0 Å². The Morgan fingerprint density at radius 3 is 2.38 bits per heavy atom. The average molecular weight is 582 g/mol. The number of sulfonamides is 1. The van der Waals surface area contributed by atoms with Crippen molar-refractivity contribution in [1.82, 2.24) is 9.21 Å². The van der Waals surface area contributed by atoms with E-state index < -0.39 is 10.0 Å². The van der Waals surface area contributed by atoms with Gasteiger partial charge in [-0.2, -0.15) is 4.31 Å². The molecule has 0 saturated carbocycles. The topological polar surface area (TPSA) is 73.0 Å². The Balaban J connectivity index is 1.42. The highest BCUT2D eigenvalue weighted by Gasteiger charge is 2.31. The van der Waals surface area contributed by atoms with Gasteiger partial charge in [0.1, 0.15) is 0 Å². The first-order chi connectivity index (χ1) is 17.6. The zero-order valence-electron chi connectivity index (χ0n) is 20.3. The summed E-state index contributed by atoms with van der Waals surface area (Å²) in [6.45, 7) is 7.85. The first-order valence-corrected chi connectivity index (χ1v) is 14.3. The maximum absolute atomic E-state index is 13.3. The lowest BCUT2D eigenvalue weighted by Crippen LogP contribution is -2.48. The Hall–Kier alpha value is -2.49. The number of likely N-dealkylation sites (tertiary alicyclic amines) is 1. The minimum absolute atomic E-state index is 0.00444. The van der Waals surface area contributed by atoms with E-state index in [0.717, 1.165) is 11.3 Å². The van der Waals surface area contributed by atoms with Gasteiger partial charge in [-0.05, 0) is 61.4 Å². The number of anilines is 2. The SMILES string of the molecule is C=C(C=C1CCN(C(=O)Nc2ccc(Cl)c(Cl)c2)C1=CC)S(=O)(=O)N1CCN(c2cccc(Cl)c2)CC1. The van der Waals surface area contributed by atoms with Crippen LogP contribution in [0.2, 0.25) is 15.1 Å². The molecule has 7 nitrogen and oxygen atoms in total. The van der Waals surface area contributed by atoms with Gasteiger partial charge in [-0.3, -0.25) is 4.90 Å². The Bertz CT molecular complexity index is 1380. The van der Waals surface area contributed by atoms with E-state index >= 15 is 0 Å². The van der Waals surface area contributed by atoms with E-state index in [-0.39, 0.29) is 10.9 Å². The third-order valence-corrected chi connectivity index (χ3v) is 9.13. The maximum atomic E-state index is 13.3. The molecule has 2 aromatic rings. The van der Waals surface area contributed by atoms with Gasteiger partial charge in [0, 0.05) is 54.8 Å². The molecule has 2 heterocycles. The molecule has 2 aliphatic rings. The molecule has 2 fully saturated rings. The van der Waals surface area contributed by atoms with Crippen molar-refractivity contribution in [2.75, 3.05) is 42.9 Å². The quantitative estimate of drug-likeness (QED) is 0.445. The van der Waals surface area contributed by atoms with Crippen LogP contribution in [0, 0.1) is 0 Å². The number of nitrogens with zero attached hydrogens (tertiary/aromatic N) is 3. The van der Waals surface area contributed by atoms with E-state index in [1.54, 1.807) is 42.2 Å². The highest BCUT2D eigenvalue weighted by Crippen LogP contribution is 2.32. The number of carbonyl (C=O) groups excluding carboxylic acids is 1. The molecule has 2 saturated heterocycles. The first kappa shape index (κ1) is 27.5. The molecule has 0 bridgehead atoms. The van der Waals surface area contributed by atoms with Gasteiger partial charge in [0.05, 0.1) is 15.0 Å². The number of amides is 2. The molecule has 2 aromatic carbocycles. The lowest BCUT2D eigenvalue weighted by atomic mass is 10.1. The fraction of sp³-hybridized carbons (Fsp3) is 0.269. The standard InChI is InChI=1S/C26H27Cl3N4O3S/c1-3-25-19(9-10-33(25)26(34)30-21-7-8-23(28)24(29)17-21)15-18(2)37(35,36)32-13-11-31(12-14-32)22-6-4-5-20(27)16-22/h3-8,15-17H,2,9-14H2,1H3,(H,30,34). The third kappa shape index (κ3) is 6.16. The Morgan fingerprint density at radius 1 is 1.00 bits per heavy atom. The van der Waals surface area contributed by atoms with Gasteiger partial charge in [-0.15, -0.1) is 0 Å². The fourth-order valence-electron chi connectivity index (χ4n) is 4.41. The molecular weight excluding hydrogens is 555 g/mol. The summed E-state index contributed by atoms with van der Waals surface area (Å²) in [5.74, 6) is 0. The number of allylic oxidation sites excluding steroid dienone is 3. The summed E-state index contributed by atoms with van der Waals surface area (Å²) in [4.78, 5) is 16.6. The largest absolute Gasteiger partial charge is 0.369 e. The first-order valence-electron chi connectivity index (χ1n) is 11.7. The molecule has 11 heteroatoms. The molecule has 37 heavy (non-hydrogen) atoms. The molecule has 1 N–H and O–H groups in total. The molecule has 0 aliphatic carbocycles. The summed E-state index contributed by atoms with van der Waals surface area (Å²) >= 11 is 18.1. The van der Waals surface area contributed by atoms with Crippen LogP contribution in [0.15, 0.2) is 77.4 Å². The van der Waals surface area contributed by atoms with Crippen molar-refractivity contribution in [2.24, 2.45) is 0 Å². The molecule has 0 unspecified atom stereocenters. The molecule has 0 atom stereocenters. The van der Waals surface area contributed by atoms with Crippen molar-refractivity contribution in [3.05, 3.63) is 92.4 Å². The van der Waals surface area contributed by atoms with Crippen molar-refractivity contribution in [1.29, 1.82) is 0 Å². The van der Waals surface area contributed by atoms with Gasteiger partial charge in [0.15, 0.2) is 0 Å². The van der Waals surface area contributed by atoms with Gasteiger partial charge in [-0.1, -0.05) is 53.5 Å². The molecular formula is C26H27Cl3N4O3S. The van der Waals surface area contributed by atoms with Crippen molar-refractivity contribution in [2.45, 2.75) is 13.3 Å². The number of halogens is 3. The fourth-order valence-corrected chi connectivity index (χ4v) is 6.16. The van der Waals surface area contributed by atoms with Crippen LogP contribution in [0.5, 0.6) is 0 Å². The Morgan fingerprint density at radius 2 is 1.73 bits per heavy atom. The minimum atomic E-state index is -3.75. The van der Waals surface area contributed by atoms with Crippen molar-refractivity contribution >= 4 is 62.2 Å². The van der Waals surface area contributed by atoms with E-state index in [4.69, 9.17) is 34.8 Å². The molecule has 2 amide bonds. The van der Waals surface area contributed by atoms with Crippen LogP contribution in [-0.2, 0) is 10.0 Å². The zero-order valence-corrected chi connectivity index (χ0v) is 23.3. The van der Waals surface area contributed by atoms with Gasteiger partial charge < -0.3 is 10.2 Å². The second kappa shape index (κ2) is 11.5. The zero-order chi connectivity index (χ0) is 26.7. The highest BCUT2D eigenvalue weighted by atomic mass is 35.5. The van der Waals surface area contributed by atoms with Crippen LogP contribution >= 0.6 is 34.8 Å². The monoisotopic (exact) mass is 580 g/mol. The summed E-state index contributed by atoms with van der Waals surface area (Å²) in [6.07, 6.45) is 3.86. The summed E-state index contributed by atoms with van der Waals surface area (Å²) < 4.78 is 28.0. The second-order valence-corrected chi connectivity index (χ2v) is 11.9. The van der Waals surface area contributed by atoms with Gasteiger partial charge in [0.2, 0.25) is 10.0 Å². The van der Waals surface area contributed by atoms with Crippen LogP contribution in [0.25, 0.3) is 0 Å². The third-order valence-electron chi connectivity index (χ3n) is 6.33. The summed E-state index contributed by atoms with van der Waals surface area (Å²) in [6, 6.07) is 12.0. The number of rotatable bonds is 5. The maximum Gasteiger partial charge on any atom is 0.326 e. The number of hydrogen-bond acceptors (Lipinski definition) is 4. The molecule has 2 aliphatic heterocycles. The van der Waals surface area contributed by atoms with Crippen molar-refractivity contribution < 1.29 is 13.2 Å². The summed E-state index contributed by atoms with van der Waals surface area (Å²) in [5.41, 5.74) is 2.85. The number of nitrogens with one attached hydrogen (secondary N) is 1. The van der Waals surface area contributed by atoms with Gasteiger partial charge >= 0.3 is 6.03 Å². The van der Waals surface area contributed by atoms with Gasteiger partial charge in [-0.25, -0.2) is 13.2 Å². The van der Waals surface area contributed by atoms with Crippen LogP contribution in [-0.4, -0.2) is 56.4 Å². The van der Waals surface area contributed by atoms with Gasteiger partial charge in [0.25, 0.3) is 0 Å². The average Bonchev–Trinajstić information content (AvgIpc) is 3.29. The highest BCUT2D eigenvalue weighted by molar-refractivity contribution is 7.93. The number of urea groups is 1. The molecule has 0 aromatic heterocycles. The van der Waals surface area contributed by atoms with E-state index in [0.29, 0.717) is 65.6 Å². The smallest absolute Gasteiger partial charge is 0.326 e. The molecule has 0 radical (unpaired) electrons. The molecule has 196 valence electrons. The minimum Gasteiger partial charge on any atom is -0.369 e. The number of benzene rings is 2. The summed E-state index contributed by atoms with van der Waals surface area (Å²) in [5, 5.41) is 4.18. The van der Waals surface area contributed by atoms with Crippen molar-refractivity contribution in [3.63, 3.8) is 0 Å². The summed E-state index contributed by atoms with van der Waals surface area (Å²) in [7, 11) is -3.75. The second-order valence-electron chi connectivity index (χ2n) is 8.64. The molecule has 0 spiro atoms. The molecule has 4 rings (SSSR count). The van der Waals surface area contributed by atoms with Crippen LogP contribution in [0.3, 0.4) is 0 Å². The predicted molar refractivity (Wildman–Crippen MR) is 152 cm³/mol. The number of hydrogen-bond donors (Lipinski definition) is 1. The van der Waals surface area contributed by atoms with E-state index in [9.17, 15) is 13.2 Å². The van der Waals surface area contributed by atoms with Crippen LogP contribution in [0.1, 0.15) is 13.3 Å². The normalized spacial score (nSPS) is 19.0. The lowest BCUT2D eigenvalue weighted by Gasteiger charge is -2.35. The van der Waals surface area contributed by atoms with E-state index in [1.807, 2.05) is 24.3 Å². The van der Waals surface area contributed by atoms with Crippen LogP contribution < -0.4 is 10.2 Å². The van der Waals surface area contributed by atoms with Crippen LogP contribution in [0.4, 0.5) is 16.2 Å². The Labute approximate surface area is 232 Å². The number of carbonyl (C=O) groups is 1. The Kier molecular flexibility index (Phi) is 8.56.